The predicted octanol–water partition coefficient (Wildman–Crippen LogP) is 2.49. The quantitative estimate of drug-likeness (QED) is 0.773. The fourth-order valence-corrected chi connectivity index (χ4v) is 3.60. The average Bonchev–Trinajstić information content (AvgIpc) is 3.19. The Kier molecular flexibility index (Phi) is 4.62. The monoisotopic (exact) mass is 363 g/mol. The van der Waals surface area contributed by atoms with Gasteiger partial charge in [0.25, 0.3) is 5.56 Å². The molecule has 1 saturated heterocycles. The van der Waals surface area contributed by atoms with E-state index in [1.54, 1.807) is 25.4 Å². The number of carbonyl (C=O) groups is 1. The smallest absolute Gasteiger partial charge is 0.257 e. The Labute approximate surface area is 156 Å². The van der Waals surface area contributed by atoms with Crippen LogP contribution in [0.4, 0.5) is 0 Å². The van der Waals surface area contributed by atoms with Gasteiger partial charge in [0.2, 0.25) is 5.91 Å². The molecule has 4 rings (SSSR count). The molecule has 0 saturated carbocycles. The summed E-state index contributed by atoms with van der Waals surface area (Å²) in [6.07, 6.45) is 2.89. The van der Waals surface area contributed by atoms with Crippen LogP contribution in [0.5, 0.6) is 5.75 Å². The van der Waals surface area contributed by atoms with Gasteiger partial charge in [-0.1, -0.05) is 12.1 Å². The van der Waals surface area contributed by atoms with Gasteiger partial charge in [-0.2, -0.15) is 0 Å². The lowest BCUT2D eigenvalue weighted by molar-refractivity contribution is -0.129. The molecule has 1 aliphatic rings. The van der Waals surface area contributed by atoms with Gasteiger partial charge < -0.3 is 14.6 Å². The summed E-state index contributed by atoms with van der Waals surface area (Å²) in [4.78, 5) is 34.0. The standard InChI is InChI=1S/C21H21N3O3/c1-27-16-6-4-14(5-7-16)11-20(25)24-10-8-15(13-24)18-12-19-17(21(26)23-18)3-2-9-22-19/h2-7,9,12,15H,8,10-11,13H2,1H3,(H,23,26)/t15-/m1/s1. The molecule has 138 valence electrons. The number of amides is 1. The first kappa shape index (κ1) is 17.3. The first-order valence-electron chi connectivity index (χ1n) is 9.02. The number of nitrogens with zero attached hydrogens (tertiary/aromatic N) is 2. The number of aromatic nitrogens is 2. The summed E-state index contributed by atoms with van der Waals surface area (Å²) >= 11 is 0. The van der Waals surface area contributed by atoms with Gasteiger partial charge in [0, 0.05) is 30.9 Å². The number of aromatic amines is 1. The molecular formula is C21H21N3O3. The minimum atomic E-state index is -0.126. The summed E-state index contributed by atoms with van der Waals surface area (Å²) in [7, 11) is 1.62. The Morgan fingerprint density at radius 1 is 1.30 bits per heavy atom. The molecule has 6 heteroatoms. The Balaban J connectivity index is 1.46. The zero-order chi connectivity index (χ0) is 18.8. The molecule has 1 fully saturated rings. The molecule has 6 nitrogen and oxygen atoms in total. The summed E-state index contributed by atoms with van der Waals surface area (Å²) in [6, 6.07) is 13.0. The van der Waals surface area contributed by atoms with Crippen molar-refractivity contribution in [1.82, 2.24) is 14.9 Å². The molecule has 0 unspecified atom stereocenters. The van der Waals surface area contributed by atoms with Gasteiger partial charge in [-0.05, 0) is 42.3 Å². The summed E-state index contributed by atoms with van der Waals surface area (Å²) in [5, 5.41) is 0.590. The van der Waals surface area contributed by atoms with E-state index < -0.39 is 0 Å². The van der Waals surface area contributed by atoms with Crippen LogP contribution in [0.1, 0.15) is 23.6 Å². The van der Waals surface area contributed by atoms with E-state index in [0.717, 1.165) is 23.4 Å². The second kappa shape index (κ2) is 7.23. The van der Waals surface area contributed by atoms with Crippen molar-refractivity contribution in [3.8, 4) is 5.75 Å². The summed E-state index contributed by atoms with van der Waals surface area (Å²) in [5.74, 6) is 1.01. The number of H-pyrrole nitrogens is 1. The normalized spacial score (nSPS) is 16.6. The van der Waals surface area contributed by atoms with Crippen LogP contribution < -0.4 is 10.3 Å². The molecule has 1 aliphatic heterocycles. The third kappa shape index (κ3) is 3.56. The number of rotatable bonds is 4. The van der Waals surface area contributed by atoms with E-state index in [-0.39, 0.29) is 17.4 Å². The second-order valence-electron chi connectivity index (χ2n) is 6.84. The first-order valence-corrected chi connectivity index (χ1v) is 9.02. The lowest BCUT2D eigenvalue weighted by Gasteiger charge is -2.17. The fraction of sp³-hybridized carbons (Fsp3) is 0.286. The highest BCUT2D eigenvalue weighted by molar-refractivity contribution is 5.79. The van der Waals surface area contributed by atoms with Crippen LogP contribution in [-0.4, -0.2) is 41.0 Å². The molecule has 2 aromatic heterocycles. The first-order chi connectivity index (χ1) is 13.1. The molecule has 1 aromatic carbocycles. The van der Waals surface area contributed by atoms with Crippen molar-refractivity contribution in [2.75, 3.05) is 20.2 Å². The number of pyridine rings is 2. The fourth-order valence-electron chi connectivity index (χ4n) is 3.60. The number of nitrogens with one attached hydrogen (secondary N) is 1. The molecule has 0 aliphatic carbocycles. The lowest BCUT2D eigenvalue weighted by atomic mass is 10.0. The number of benzene rings is 1. The molecule has 3 aromatic rings. The van der Waals surface area contributed by atoms with Crippen molar-refractivity contribution >= 4 is 16.8 Å². The topological polar surface area (TPSA) is 75.3 Å². The Bertz CT molecular complexity index is 1030. The summed E-state index contributed by atoms with van der Waals surface area (Å²) in [6.45, 7) is 1.31. The average molecular weight is 363 g/mol. The molecular weight excluding hydrogens is 342 g/mol. The molecule has 1 amide bonds. The van der Waals surface area contributed by atoms with Gasteiger partial charge in [0.15, 0.2) is 0 Å². The zero-order valence-electron chi connectivity index (χ0n) is 15.1. The molecule has 0 radical (unpaired) electrons. The van der Waals surface area contributed by atoms with Gasteiger partial charge in [0.05, 0.1) is 24.4 Å². The van der Waals surface area contributed by atoms with Gasteiger partial charge in [-0.3, -0.25) is 14.6 Å². The maximum atomic E-state index is 12.6. The van der Waals surface area contributed by atoms with Crippen LogP contribution >= 0.6 is 0 Å². The van der Waals surface area contributed by atoms with Crippen molar-refractivity contribution < 1.29 is 9.53 Å². The minimum absolute atomic E-state index is 0.101. The van der Waals surface area contributed by atoms with Crippen LogP contribution in [0, 0.1) is 0 Å². The maximum absolute atomic E-state index is 12.6. The third-order valence-corrected chi connectivity index (χ3v) is 5.13. The third-order valence-electron chi connectivity index (χ3n) is 5.13. The highest BCUT2D eigenvalue weighted by Gasteiger charge is 2.28. The minimum Gasteiger partial charge on any atom is -0.497 e. The SMILES string of the molecule is COc1ccc(CC(=O)N2CC[C@@H](c3cc4ncccc4c(=O)[nH]3)C2)cc1. The maximum Gasteiger partial charge on any atom is 0.257 e. The van der Waals surface area contributed by atoms with Crippen molar-refractivity contribution in [1.29, 1.82) is 0 Å². The van der Waals surface area contributed by atoms with Crippen LogP contribution in [0.2, 0.25) is 0 Å². The van der Waals surface area contributed by atoms with Crippen molar-refractivity contribution in [3.05, 3.63) is 70.3 Å². The van der Waals surface area contributed by atoms with Crippen molar-refractivity contribution in [2.24, 2.45) is 0 Å². The molecule has 27 heavy (non-hydrogen) atoms. The van der Waals surface area contributed by atoms with E-state index in [1.807, 2.05) is 35.2 Å². The summed E-state index contributed by atoms with van der Waals surface area (Å²) < 4.78 is 5.15. The number of fused-ring (bicyclic) bond motifs is 1. The summed E-state index contributed by atoms with van der Waals surface area (Å²) in [5.41, 5.74) is 2.39. The second-order valence-corrected chi connectivity index (χ2v) is 6.84. The Morgan fingerprint density at radius 2 is 2.11 bits per heavy atom. The van der Waals surface area contributed by atoms with Gasteiger partial charge in [-0.15, -0.1) is 0 Å². The predicted molar refractivity (Wildman–Crippen MR) is 103 cm³/mol. The lowest BCUT2D eigenvalue weighted by Crippen LogP contribution is -2.30. The molecule has 1 atom stereocenters. The van der Waals surface area contributed by atoms with Gasteiger partial charge >= 0.3 is 0 Å². The highest BCUT2D eigenvalue weighted by atomic mass is 16.5. The Morgan fingerprint density at radius 3 is 2.89 bits per heavy atom. The van der Waals surface area contributed by atoms with Crippen LogP contribution in [0.25, 0.3) is 10.9 Å². The van der Waals surface area contributed by atoms with Crippen molar-refractivity contribution in [3.63, 3.8) is 0 Å². The van der Waals surface area contributed by atoms with E-state index in [9.17, 15) is 9.59 Å². The molecule has 0 bridgehead atoms. The van der Waals surface area contributed by atoms with Crippen molar-refractivity contribution in [2.45, 2.75) is 18.8 Å². The molecule has 0 spiro atoms. The van der Waals surface area contributed by atoms with Crippen LogP contribution in [0.3, 0.4) is 0 Å². The number of ether oxygens (including phenoxy) is 1. The number of methoxy groups -OCH3 is 1. The largest absolute Gasteiger partial charge is 0.497 e. The number of carbonyl (C=O) groups excluding carboxylic acids is 1. The van der Waals surface area contributed by atoms with E-state index in [4.69, 9.17) is 4.74 Å². The Hall–Kier alpha value is -3.15. The van der Waals surface area contributed by atoms with Crippen LogP contribution in [0.15, 0.2) is 53.5 Å². The number of hydrogen-bond donors (Lipinski definition) is 1. The highest BCUT2D eigenvalue weighted by Crippen LogP contribution is 2.27. The number of likely N-dealkylation sites (tertiary alicyclic amines) is 1. The molecule has 1 N–H and O–H groups in total. The van der Waals surface area contributed by atoms with E-state index in [1.165, 1.54) is 0 Å². The molecule has 3 heterocycles. The van der Waals surface area contributed by atoms with Crippen LogP contribution in [-0.2, 0) is 11.2 Å². The van der Waals surface area contributed by atoms with E-state index in [0.29, 0.717) is 30.4 Å². The van der Waals surface area contributed by atoms with Gasteiger partial charge in [-0.25, -0.2) is 0 Å². The van der Waals surface area contributed by atoms with E-state index >= 15 is 0 Å². The number of hydrogen-bond acceptors (Lipinski definition) is 4. The zero-order valence-corrected chi connectivity index (χ0v) is 15.1. The van der Waals surface area contributed by atoms with E-state index in [2.05, 4.69) is 9.97 Å². The van der Waals surface area contributed by atoms with Gasteiger partial charge in [0.1, 0.15) is 5.75 Å².